The maximum atomic E-state index is 10.8. The lowest BCUT2D eigenvalue weighted by Gasteiger charge is -2.10. The predicted molar refractivity (Wildman–Crippen MR) is 60.2 cm³/mol. The topological polar surface area (TPSA) is 42.3 Å². The van der Waals surface area contributed by atoms with Crippen LogP contribution in [0.4, 0.5) is 0 Å². The fourth-order valence-corrected chi connectivity index (χ4v) is 2.16. The Labute approximate surface area is 89.2 Å². The predicted octanol–water partition coefficient (Wildman–Crippen LogP) is 3.33. The minimum Gasteiger partial charge on any atom is -0.258 e. The van der Waals surface area contributed by atoms with Crippen molar-refractivity contribution in [3.8, 4) is 0 Å². The van der Waals surface area contributed by atoms with Crippen molar-refractivity contribution in [1.82, 2.24) is 4.98 Å². The zero-order valence-electron chi connectivity index (χ0n) is 8.97. The second-order valence-corrected chi connectivity index (χ2v) is 4.12. The van der Waals surface area contributed by atoms with Crippen molar-refractivity contribution in [3.63, 3.8) is 0 Å². The van der Waals surface area contributed by atoms with E-state index in [2.05, 4.69) is 30.1 Å². The summed E-state index contributed by atoms with van der Waals surface area (Å²) in [5.74, 6) is 0.377. The lowest BCUT2D eigenvalue weighted by molar-refractivity contribution is 0.545. The number of nitroso groups, excluding NO2 is 1. The van der Waals surface area contributed by atoms with Gasteiger partial charge in [0.05, 0.1) is 5.69 Å². The van der Waals surface area contributed by atoms with Crippen molar-refractivity contribution in [2.75, 3.05) is 0 Å². The number of rotatable bonds is 1. The molecule has 0 spiro atoms. The fourth-order valence-electron chi connectivity index (χ4n) is 2.16. The highest BCUT2D eigenvalue weighted by Crippen LogP contribution is 2.34. The van der Waals surface area contributed by atoms with E-state index in [4.69, 9.17) is 0 Å². The van der Waals surface area contributed by atoms with Gasteiger partial charge in [0.15, 0.2) is 0 Å². The Bertz CT molecular complexity index is 412. The lowest BCUT2D eigenvalue weighted by atomic mass is 10.0. The van der Waals surface area contributed by atoms with Gasteiger partial charge in [-0.3, -0.25) is 4.98 Å². The van der Waals surface area contributed by atoms with E-state index in [0.29, 0.717) is 5.92 Å². The highest BCUT2D eigenvalue weighted by atomic mass is 16.3. The normalized spacial score (nSPS) is 25.1. The number of hydrogen-bond acceptors (Lipinski definition) is 3. The zero-order chi connectivity index (χ0) is 10.8. The quantitative estimate of drug-likeness (QED) is 0.655. The van der Waals surface area contributed by atoms with E-state index >= 15 is 0 Å². The molecule has 2 rings (SSSR count). The van der Waals surface area contributed by atoms with E-state index in [1.54, 1.807) is 6.20 Å². The van der Waals surface area contributed by atoms with E-state index in [-0.39, 0.29) is 6.04 Å². The Morgan fingerprint density at radius 2 is 2.33 bits per heavy atom. The van der Waals surface area contributed by atoms with Crippen LogP contribution in [0.25, 0.3) is 5.57 Å². The molecule has 0 amide bonds. The first-order chi connectivity index (χ1) is 7.22. The van der Waals surface area contributed by atoms with Crippen LogP contribution < -0.4 is 0 Å². The molecule has 0 aromatic carbocycles. The monoisotopic (exact) mass is 202 g/mol. The van der Waals surface area contributed by atoms with Gasteiger partial charge in [-0.05, 0) is 30.9 Å². The van der Waals surface area contributed by atoms with Gasteiger partial charge in [-0.1, -0.05) is 24.2 Å². The Balaban J connectivity index is 2.55. The molecule has 78 valence electrons. The van der Waals surface area contributed by atoms with Crippen LogP contribution in [0.5, 0.6) is 0 Å². The first-order valence-corrected chi connectivity index (χ1v) is 5.18. The van der Waals surface area contributed by atoms with Gasteiger partial charge in [-0.2, -0.15) is 4.91 Å². The van der Waals surface area contributed by atoms with Gasteiger partial charge in [0, 0.05) is 11.8 Å². The number of fused-ring (bicyclic) bond motifs is 1. The third kappa shape index (κ3) is 1.82. The van der Waals surface area contributed by atoms with Gasteiger partial charge < -0.3 is 0 Å². The Kier molecular flexibility index (Phi) is 2.62. The van der Waals surface area contributed by atoms with Gasteiger partial charge in [0.25, 0.3) is 0 Å². The van der Waals surface area contributed by atoms with E-state index in [9.17, 15) is 4.91 Å². The summed E-state index contributed by atoms with van der Waals surface area (Å²) >= 11 is 0. The molecule has 0 bridgehead atoms. The SMILES string of the molecule is CC1=CC(C)CC(N=O)c2ncccc21. The van der Waals surface area contributed by atoms with E-state index in [1.165, 1.54) is 5.57 Å². The van der Waals surface area contributed by atoms with Crippen LogP contribution in [0.2, 0.25) is 0 Å². The maximum Gasteiger partial charge on any atom is 0.135 e. The van der Waals surface area contributed by atoms with Crippen molar-refractivity contribution in [3.05, 3.63) is 40.6 Å². The van der Waals surface area contributed by atoms with Crippen LogP contribution >= 0.6 is 0 Å². The molecule has 1 aliphatic carbocycles. The first-order valence-electron chi connectivity index (χ1n) is 5.18. The molecule has 1 aromatic rings. The molecule has 15 heavy (non-hydrogen) atoms. The lowest BCUT2D eigenvalue weighted by Crippen LogP contribution is -2.02. The number of aromatic nitrogens is 1. The molecule has 0 saturated carbocycles. The molecule has 0 aliphatic heterocycles. The second-order valence-electron chi connectivity index (χ2n) is 4.12. The fraction of sp³-hybridized carbons (Fsp3) is 0.417. The zero-order valence-corrected chi connectivity index (χ0v) is 8.97. The average molecular weight is 202 g/mol. The van der Waals surface area contributed by atoms with Crippen molar-refractivity contribution >= 4 is 5.57 Å². The Morgan fingerprint density at radius 3 is 3.07 bits per heavy atom. The smallest absolute Gasteiger partial charge is 0.135 e. The molecular weight excluding hydrogens is 188 g/mol. The minimum atomic E-state index is -0.301. The molecule has 3 heteroatoms. The Hall–Kier alpha value is -1.51. The molecule has 0 N–H and O–H groups in total. The van der Waals surface area contributed by atoms with Gasteiger partial charge in [0.2, 0.25) is 0 Å². The number of pyridine rings is 1. The molecule has 0 saturated heterocycles. The summed E-state index contributed by atoms with van der Waals surface area (Å²) in [6, 6.07) is 3.60. The number of nitrogens with zero attached hydrogens (tertiary/aromatic N) is 2. The van der Waals surface area contributed by atoms with E-state index < -0.39 is 0 Å². The summed E-state index contributed by atoms with van der Waals surface area (Å²) in [6.45, 7) is 4.16. The van der Waals surface area contributed by atoms with E-state index in [0.717, 1.165) is 17.7 Å². The first kappa shape index (κ1) is 10.0. The summed E-state index contributed by atoms with van der Waals surface area (Å²) < 4.78 is 0. The molecule has 1 aromatic heterocycles. The van der Waals surface area contributed by atoms with Crippen molar-refractivity contribution in [1.29, 1.82) is 0 Å². The van der Waals surface area contributed by atoms with Gasteiger partial charge in [-0.15, -0.1) is 0 Å². The summed E-state index contributed by atoms with van der Waals surface area (Å²) in [4.78, 5) is 15.1. The van der Waals surface area contributed by atoms with Crippen LogP contribution in [-0.4, -0.2) is 4.98 Å². The van der Waals surface area contributed by atoms with Crippen molar-refractivity contribution < 1.29 is 0 Å². The molecular formula is C12H14N2O. The van der Waals surface area contributed by atoms with Crippen LogP contribution in [0, 0.1) is 10.8 Å². The number of hydrogen-bond donors (Lipinski definition) is 0. The molecule has 3 nitrogen and oxygen atoms in total. The molecule has 2 unspecified atom stereocenters. The summed E-state index contributed by atoms with van der Waals surface area (Å²) in [6.07, 6.45) is 4.66. The van der Waals surface area contributed by atoms with Crippen LogP contribution in [0.1, 0.15) is 37.6 Å². The van der Waals surface area contributed by atoms with Crippen molar-refractivity contribution in [2.24, 2.45) is 11.1 Å². The van der Waals surface area contributed by atoms with Crippen molar-refractivity contribution in [2.45, 2.75) is 26.3 Å². The average Bonchev–Trinajstić information content (AvgIpc) is 2.36. The minimum absolute atomic E-state index is 0.301. The molecule has 0 radical (unpaired) electrons. The van der Waals surface area contributed by atoms with Crippen LogP contribution in [-0.2, 0) is 0 Å². The maximum absolute atomic E-state index is 10.8. The molecule has 1 heterocycles. The van der Waals surface area contributed by atoms with Crippen LogP contribution in [0.15, 0.2) is 29.6 Å². The van der Waals surface area contributed by atoms with E-state index in [1.807, 2.05) is 12.1 Å². The van der Waals surface area contributed by atoms with Gasteiger partial charge >= 0.3 is 0 Å². The third-order valence-electron chi connectivity index (χ3n) is 2.84. The number of allylic oxidation sites excluding steroid dienone is 2. The van der Waals surface area contributed by atoms with Gasteiger partial charge in [-0.25, -0.2) is 0 Å². The highest BCUT2D eigenvalue weighted by Gasteiger charge is 2.23. The van der Waals surface area contributed by atoms with Crippen LogP contribution in [0.3, 0.4) is 0 Å². The summed E-state index contributed by atoms with van der Waals surface area (Å²) in [5.41, 5.74) is 3.08. The highest BCUT2D eigenvalue weighted by molar-refractivity contribution is 5.66. The Morgan fingerprint density at radius 1 is 1.53 bits per heavy atom. The third-order valence-corrected chi connectivity index (χ3v) is 2.84. The van der Waals surface area contributed by atoms with Gasteiger partial charge in [0.1, 0.15) is 6.04 Å². The molecule has 0 fully saturated rings. The largest absolute Gasteiger partial charge is 0.258 e. The molecule has 1 aliphatic rings. The molecule has 2 atom stereocenters. The summed E-state index contributed by atoms with van der Waals surface area (Å²) in [7, 11) is 0. The summed E-state index contributed by atoms with van der Waals surface area (Å²) in [5, 5.41) is 3.19. The second kappa shape index (κ2) is 3.93. The standard InChI is InChI=1S/C12H14N2O/c1-8-6-9(2)10-4-3-5-13-12(10)11(7-8)14-15/h3-6,8,11H,7H2,1-2H3.